The second-order valence-electron chi connectivity index (χ2n) is 5.67. The van der Waals surface area contributed by atoms with E-state index in [0.717, 1.165) is 16.2 Å². The highest BCUT2D eigenvalue weighted by molar-refractivity contribution is 7.98. The van der Waals surface area contributed by atoms with Crippen molar-refractivity contribution in [3.8, 4) is 0 Å². The van der Waals surface area contributed by atoms with E-state index in [9.17, 15) is 14.9 Å². The number of thioether (sulfide) groups is 1. The van der Waals surface area contributed by atoms with E-state index in [1.165, 1.54) is 24.3 Å². The molecule has 1 amide bonds. The second kappa shape index (κ2) is 8.70. The minimum absolute atomic E-state index is 0.0505. The van der Waals surface area contributed by atoms with E-state index < -0.39 is 4.92 Å². The third-order valence-corrected chi connectivity index (χ3v) is 5.18. The number of carbonyl (C=O) groups excluding carboxylic acids is 1. The summed E-state index contributed by atoms with van der Waals surface area (Å²) in [7, 11) is 0. The number of amides is 1. The zero-order valence-electron chi connectivity index (χ0n) is 14.1. The van der Waals surface area contributed by atoms with E-state index in [-0.39, 0.29) is 11.6 Å². The lowest BCUT2D eigenvalue weighted by molar-refractivity contribution is -0.384. The number of para-hydroxylation sites is 1. The van der Waals surface area contributed by atoms with E-state index in [2.05, 4.69) is 5.32 Å². The molecular weight excluding hydrogens is 384 g/mol. The molecule has 0 aliphatic rings. The van der Waals surface area contributed by atoms with Crippen LogP contribution in [0.5, 0.6) is 0 Å². The molecule has 3 rings (SSSR count). The number of nitrogens with one attached hydrogen (secondary N) is 1. The summed E-state index contributed by atoms with van der Waals surface area (Å²) in [6, 6.07) is 20.7. The molecule has 0 fully saturated rings. The molecule has 0 saturated heterocycles. The molecule has 0 atom stereocenters. The first-order valence-corrected chi connectivity index (χ1v) is 9.41. The number of non-ortho nitro benzene ring substituents is 1. The average molecular weight is 399 g/mol. The summed E-state index contributed by atoms with van der Waals surface area (Å²) < 4.78 is 0. The topological polar surface area (TPSA) is 72.2 Å². The van der Waals surface area contributed by atoms with Gasteiger partial charge in [-0.15, -0.1) is 11.8 Å². The zero-order valence-corrected chi connectivity index (χ0v) is 15.7. The Kier molecular flexibility index (Phi) is 6.11. The Hall–Kier alpha value is -2.83. The number of benzene rings is 3. The Morgan fingerprint density at radius 2 is 1.67 bits per heavy atom. The molecule has 0 aliphatic heterocycles. The highest BCUT2D eigenvalue weighted by Crippen LogP contribution is 2.30. The van der Waals surface area contributed by atoms with Gasteiger partial charge in [0.15, 0.2) is 0 Å². The van der Waals surface area contributed by atoms with Crippen molar-refractivity contribution in [1.82, 2.24) is 0 Å². The minimum Gasteiger partial charge on any atom is -0.321 e. The van der Waals surface area contributed by atoms with Crippen LogP contribution in [0.15, 0.2) is 77.7 Å². The summed E-state index contributed by atoms with van der Waals surface area (Å²) in [5, 5.41) is 14.3. The second-order valence-corrected chi connectivity index (χ2v) is 7.12. The summed E-state index contributed by atoms with van der Waals surface area (Å²) in [6.45, 7) is 0. The first kappa shape index (κ1) is 18.9. The predicted octanol–water partition coefficient (Wildman–Crippen LogP) is 5.79. The van der Waals surface area contributed by atoms with Gasteiger partial charge in [0, 0.05) is 33.4 Å². The zero-order chi connectivity index (χ0) is 19.2. The van der Waals surface area contributed by atoms with E-state index >= 15 is 0 Å². The van der Waals surface area contributed by atoms with Gasteiger partial charge in [-0.2, -0.15) is 0 Å². The van der Waals surface area contributed by atoms with Crippen LogP contribution in [0.4, 0.5) is 11.4 Å². The molecule has 0 unspecified atom stereocenters. The highest BCUT2D eigenvalue weighted by Gasteiger charge is 2.12. The van der Waals surface area contributed by atoms with E-state index in [1.807, 2.05) is 48.5 Å². The number of halogens is 1. The summed E-state index contributed by atoms with van der Waals surface area (Å²) in [4.78, 5) is 23.6. The number of anilines is 1. The molecule has 7 heteroatoms. The average Bonchev–Trinajstić information content (AvgIpc) is 2.68. The van der Waals surface area contributed by atoms with Crippen LogP contribution in [0, 0.1) is 10.1 Å². The molecular formula is C20H15ClN2O3S. The Morgan fingerprint density at radius 3 is 2.33 bits per heavy atom. The molecule has 0 heterocycles. The lowest BCUT2D eigenvalue weighted by Gasteiger charge is -2.11. The summed E-state index contributed by atoms with van der Waals surface area (Å²) >= 11 is 7.51. The first-order chi connectivity index (χ1) is 13.0. The summed E-state index contributed by atoms with van der Waals surface area (Å²) in [5.41, 5.74) is 2.13. The number of nitro groups is 1. The normalized spacial score (nSPS) is 10.4. The van der Waals surface area contributed by atoms with Crippen LogP contribution in [-0.4, -0.2) is 10.8 Å². The molecule has 136 valence electrons. The monoisotopic (exact) mass is 398 g/mol. The van der Waals surface area contributed by atoms with Gasteiger partial charge in [0.25, 0.3) is 11.6 Å². The molecule has 3 aromatic carbocycles. The van der Waals surface area contributed by atoms with Gasteiger partial charge < -0.3 is 5.32 Å². The maximum atomic E-state index is 12.5. The third kappa shape index (κ3) is 5.09. The van der Waals surface area contributed by atoms with Crippen LogP contribution in [0.3, 0.4) is 0 Å². The highest BCUT2D eigenvalue weighted by atomic mass is 35.5. The Balaban J connectivity index is 1.70. The van der Waals surface area contributed by atoms with Gasteiger partial charge in [0.2, 0.25) is 0 Å². The minimum atomic E-state index is -0.496. The van der Waals surface area contributed by atoms with Gasteiger partial charge in [0.1, 0.15) is 0 Å². The quantitative estimate of drug-likeness (QED) is 0.324. The third-order valence-electron chi connectivity index (χ3n) is 3.78. The SMILES string of the molecule is O=C(Nc1ccccc1SCc1ccc(Cl)cc1)c1ccc([N+](=O)[O-])cc1. The molecule has 0 saturated carbocycles. The van der Waals surface area contributed by atoms with Gasteiger partial charge in [0.05, 0.1) is 10.6 Å². The van der Waals surface area contributed by atoms with Gasteiger partial charge >= 0.3 is 0 Å². The maximum Gasteiger partial charge on any atom is 0.269 e. The largest absolute Gasteiger partial charge is 0.321 e. The van der Waals surface area contributed by atoms with Gasteiger partial charge in [-0.1, -0.05) is 35.9 Å². The van der Waals surface area contributed by atoms with Gasteiger partial charge in [-0.3, -0.25) is 14.9 Å². The molecule has 3 aromatic rings. The van der Waals surface area contributed by atoms with Crippen molar-refractivity contribution < 1.29 is 9.72 Å². The number of rotatable bonds is 6. The number of hydrogen-bond donors (Lipinski definition) is 1. The number of hydrogen-bond acceptors (Lipinski definition) is 4. The Morgan fingerprint density at radius 1 is 1.00 bits per heavy atom. The predicted molar refractivity (Wildman–Crippen MR) is 109 cm³/mol. The van der Waals surface area contributed by atoms with E-state index in [0.29, 0.717) is 16.3 Å². The standard InChI is InChI=1S/C20H15ClN2O3S/c21-16-9-5-14(6-10-16)13-27-19-4-2-1-3-18(19)22-20(24)15-7-11-17(12-8-15)23(25)26/h1-12H,13H2,(H,22,24). The van der Waals surface area contributed by atoms with Crippen LogP contribution in [0.2, 0.25) is 5.02 Å². The van der Waals surface area contributed by atoms with Crippen molar-refractivity contribution in [2.45, 2.75) is 10.6 Å². The molecule has 27 heavy (non-hydrogen) atoms. The maximum absolute atomic E-state index is 12.5. The van der Waals surface area contributed by atoms with Crippen molar-refractivity contribution in [1.29, 1.82) is 0 Å². The fraction of sp³-hybridized carbons (Fsp3) is 0.0500. The van der Waals surface area contributed by atoms with Crippen LogP contribution in [0.25, 0.3) is 0 Å². The summed E-state index contributed by atoms with van der Waals surface area (Å²) in [6.07, 6.45) is 0. The molecule has 5 nitrogen and oxygen atoms in total. The van der Waals surface area contributed by atoms with E-state index in [1.54, 1.807) is 11.8 Å². The van der Waals surface area contributed by atoms with Crippen molar-refractivity contribution in [2.75, 3.05) is 5.32 Å². The molecule has 0 aromatic heterocycles. The number of nitrogens with zero attached hydrogens (tertiary/aromatic N) is 1. The van der Waals surface area contributed by atoms with Crippen LogP contribution >= 0.6 is 23.4 Å². The fourth-order valence-corrected chi connectivity index (χ4v) is 3.46. The van der Waals surface area contributed by atoms with Crippen LogP contribution in [0.1, 0.15) is 15.9 Å². The van der Waals surface area contributed by atoms with Gasteiger partial charge in [-0.05, 0) is 42.0 Å². The van der Waals surface area contributed by atoms with E-state index in [4.69, 9.17) is 11.6 Å². The molecule has 0 radical (unpaired) electrons. The van der Waals surface area contributed by atoms with Crippen molar-refractivity contribution in [3.05, 3.63) is 99.1 Å². The molecule has 0 aliphatic carbocycles. The van der Waals surface area contributed by atoms with Crippen molar-refractivity contribution in [2.24, 2.45) is 0 Å². The van der Waals surface area contributed by atoms with Gasteiger partial charge in [-0.25, -0.2) is 0 Å². The molecule has 0 bridgehead atoms. The molecule has 1 N–H and O–H groups in total. The Labute approximate surface area is 165 Å². The number of nitro benzene ring substituents is 1. The lowest BCUT2D eigenvalue weighted by atomic mass is 10.2. The molecule has 0 spiro atoms. The number of carbonyl (C=O) groups is 1. The van der Waals surface area contributed by atoms with Crippen LogP contribution in [-0.2, 0) is 5.75 Å². The van der Waals surface area contributed by atoms with Crippen molar-refractivity contribution >= 4 is 40.6 Å². The Bertz CT molecular complexity index is 960. The first-order valence-electron chi connectivity index (χ1n) is 8.05. The van der Waals surface area contributed by atoms with Crippen LogP contribution < -0.4 is 5.32 Å². The lowest BCUT2D eigenvalue weighted by Crippen LogP contribution is -2.12. The van der Waals surface area contributed by atoms with Crippen molar-refractivity contribution in [3.63, 3.8) is 0 Å². The summed E-state index contributed by atoms with van der Waals surface area (Å²) in [5.74, 6) is 0.422. The fourth-order valence-electron chi connectivity index (χ4n) is 2.37. The smallest absolute Gasteiger partial charge is 0.269 e.